The van der Waals surface area contributed by atoms with Crippen LogP contribution >= 0.6 is 0 Å². The monoisotopic (exact) mass is 202 g/mol. The minimum atomic E-state index is -0.256. The lowest BCUT2D eigenvalue weighted by Crippen LogP contribution is -2.13. The van der Waals surface area contributed by atoms with Crippen molar-refractivity contribution >= 4 is 0 Å². The summed E-state index contributed by atoms with van der Waals surface area (Å²) >= 11 is 0. The molecule has 14 heavy (non-hydrogen) atoms. The molecule has 0 radical (unpaired) electrons. The molecular weight excluding hydrogens is 182 g/mol. The molecule has 0 nitrogen and oxygen atoms in total. The normalized spacial score (nSPS) is 28.4. The Kier molecular flexibility index (Phi) is 5.81. The quantitative estimate of drug-likeness (QED) is 0.589. The van der Waals surface area contributed by atoms with E-state index in [1.807, 2.05) is 6.08 Å². The van der Waals surface area contributed by atoms with Crippen LogP contribution < -0.4 is 0 Å². The lowest BCUT2D eigenvalue weighted by Gasteiger charge is -2.25. The van der Waals surface area contributed by atoms with Crippen molar-refractivity contribution in [3.8, 4) is 0 Å². The molecular formula is C12H20F2. The first-order chi connectivity index (χ1) is 6.86. The zero-order valence-corrected chi connectivity index (χ0v) is 8.72. The Morgan fingerprint density at radius 1 is 1.00 bits per heavy atom. The van der Waals surface area contributed by atoms with Gasteiger partial charge in [0.1, 0.15) is 0 Å². The molecule has 1 aliphatic carbocycles. The number of hydrogen-bond acceptors (Lipinski definition) is 0. The smallest absolute Gasteiger partial charge is 0.0928 e. The maximum atomic E-state index is 12.1. The summed E-state index contributed by atoms with van der Waals surface area (Å²) in [6.07, 6.45) is 9.99. The van der Waals surface area contributed by atoms with Gasteiger partial charge in [-0.2, -0.15) is 0 Å². The molecule has 0 saturated heterocycles. The van der Waals surface area contributed by atoms with Gasteiger partial charge in [0.15, 0.2) is 0 Å². The molecule has 0 unspecified atom stereocenters. The number of halogens is 2. The summed E-state index contributed by atoms with van der Waals surface area (Å²) in [5, 5.41) is 0. The van der Waals surface area contributed by atoms with Crippen LogP contribution in [0.5, 0.6) is 0 Å². The predicted molar refractivity (Wildman–Crippen MR) is 55.8 cm³/mol. The van der Waals surface area contributed by atoms with Crippen molar-refractivity contribution in [1.29, 1.82) is 0 Å². The Morgan fingerprint density at radius 3 is 2.29 bits per heavy atom. The summed E-state index contributed by atoms with van der Waals surface area (Å²) in [6, 6.07) is 0. The molecule has 0 atom stereocenters. The third kappa shape index (κ3) is 4.21. The zero-order chi connectivity index (χ0) is 10.2. The first-order valence-electron chi connectivity index (χ1n) is 5.65. The van der Waals surface area contributed by atoms with Crippen molar-refractivity contribution < 1.29 is 8.78 Å². The third-order valence-corrected chi connectivity index (χ3v) is 3.09. The highest BCUT2D eigenvalue weighted by Crippen LogP contribution is 2.31. The molecule has 82 valence electrons. The van der Waals surface area contributed by atoms with Crippen LogP contribution in [0.2, 0.25) is 0 Å². The Bertz CT molecular complexity index is 158. The summed E-state index contributed by atoms with van der Waals surface area (Å²) in [4.78, 5) is 0. The topological polar surface area (TPSA) is 0 Å². The van der Waals surface area contributed by atoms with Gasteiger partial charge < -0.3 is 0 Å². The lowest BCUT2D eigenvalue weighted by molar-refractivity contribution is 0.272. The highest BCUT2D eigenvalue weighted by atomic mass is 19.1. The highest BCUT2D eigenvalue weighted by molar-refractivity contribution is 4.90. The summed E-state index contributed by atoms with van der Waals surface area (Å²) in [6.45, 7) is -0.430. The van der Waals surface area contributed by atoms with E-state index in [1.165, 1.54) is 0 Å². The molecule has 0 heterocycles. The van der Waals surface area contributed by atoms with Crippen LogP contribution in [-0.4, -0.2) is 13.3 Å². The fourth-order valence-corrected chi connectivity index (χ4v) is 2.18. The Hall–Kier alpha value is -0.400. The molecule has 0 N–H and O–H groups in total. The van der Waals surface area contributed by atoms with Gasteiger partial charge in [-0.25, -0.2) is 0 Å². The molecule has 0 bridgehead atoms. The summed E-state index contributed by atoms with van der Waals surface area (Å²) in [7, 11) is 0. The summed E-state index contributed by atoms with van der Waals surface area (Å²) < 4.78 is 23.9. The van der Waals surface area contributed by atoms with Crippen LogP contribution in [0.3, 0.4) is 0 Å². The van der Waals surface area contributed by atoms with E-state index in [-0.39, 0.29) is 13.3 Å². The first kappa shape index (κ1) is 11.7. The van der Waals surface area contributed by atoms with Crippen molar-refractivity contribution in [2.24, 2.45) is 11.8 Å². The minimum absolute atomic E-state index is 0.174. The molecule has 0 aromatic carbocycles. The van der Waals surface area contributed by atoms with E-state index in [9.17, 15) is 8.78 Å². The molecule has 2 heteroatoms. The third-order valence-electron chi connectivity index (χ3n) is 3.09. The molecule has 1 saturated carbocycles. The van der Waals surface area contributed by atoms with Crippen LogP contribution in [0.15, 0.2) is 12.2 Å². The summed E-state index contributed by atoms with van der Waals surface area (Å²) in [5.74, 6) is 1.23. The average molecular weight is 202 g/mol. The molecule has 1 aliphatic rings. The number of alkyl halides is 2. The molecule has 0 aromatic heterocycles. The van der Waals surface area contributed by atoms with Gasteiger partial charge in [0.25, 0.3) is 0 Å². The van der Waals surface area contributed by atoms with Gasteiger partial charge in [0, 0.05) is 0 Å². The van der Waals surface area contributed by atoms with E-state index in [2.05, 4.69) is 6.08 Å². The average Bonchev–Trinajstić information content (AvgIpc) is 2.21. The Morgan fingerprint density at radius 2 is 1.71 bits per heavy atom. The first-order valence-corrected chi connectivity index (χ1v) is 5.65. The molecule has 0 aliphatic heterocycles. The number of allylic oxidation sites excluding steroid dienone is 2. The van der Waals surface area contributed by atoms with Gasteiger partial charge in [0.05, 0.1) is 13.3 Å². The number of hydrogen-bond donors (Lipinski definition) is 0. The fraction of sp³-hybridized carbons (Fsp3) is 0.833. The van der Waals surface area contributed by atoms with Gasteiger partial charge in [-0.1, -0.05) is 12.2 Å². The second-order valence-electron chi connectivity index (χ2n) is 4.16. The second kappa shape index (κ2) is 6.97. The molecule has 0 aromatic rings. The van der Waals surface area contributed by atoms with Gasteiger partial charge in [-0.3, -0.25) is 8.78 Å². The van der Waals surface area contributed by atoms with E-state index in [1.54, 1.807) is 0 Å². The molecule has 0 spiro atoms. The van der Waals surface area contributed by atoms with E-state index in [0.29, 0.717) is 18.3 Å². The van der Waals surface area contributed by atoms with Crippen molar-refractivity contribution in [1.82, 2.24) is 0 Å². The van der Waals surface area contributed by atoms with E-state index in [4.69, 9.17) is 0 Å². The second-order valence-corrected chi connectivity index (χ2v) is 4.16. The van der Waals surface area contributed by atoms with Crippen molar-refractivity contribution in [2.75, 3.05) is 13.3 Å². The van der Waals surface area contributed by atoms with E-state index >= 15 is 0 Å². The van der Waals surface area contributed by atoms with Crippen LogP contribution in [-0.2, 0) is 0 Å². The van der Waals surface area contributed by atoms with Crippen LogP contribution in [0, 0.1) is 11.8 Å². The zero-order valence-electron chi connectivity index (χ0n) is 8.72. The standard InChI is InChI=1S/C12H20F2/c13-9-2-1-3-11-4-6-12(7-5-11)8-10-14/h1,3,11-12H,2,4-10H2/b3-1+. The maximum Gasteiger partial charge on any atom is 0.0928 e. The van der Waals surface area contributed by atoms with Crippen molar-refractivity contribution in [3.63, 3.8) is 0 Å². The molecule has 1 fully saturated rings. The number of rotatable bonds is 5. The highest BCUT2D eigenvalue weighted by Gasteiger charge is 2.18. The molecule has 1 rings (SSSR count). The van der Waals surface area contributed by atoms with Gasteiger partial charge >= 0.3 is 0 Å². The van der Waals surface area contributed by atoms with Gasteiger partial charge in [0.2, 0.25) is 0 Å². The fourth-order valence-electron chi connectivity index (χ4n) is 2.18. The Balaban J connectivity index is 2.15. The maximum absolute atomic E-state index is 12.1. The van der Waals surface area contributed by atoms with Crippen molar-refractivity contribution in [2.45, 2.75) is 38.5 Å². The molecule has 0 amide bonds. The van der Waals surface area contributed by atoms with Gasteiger partial charge in [-0.15, -0.1) is 0 Å². The van der Waals surface area contributed by atoms with E-state index in [0.717, 1.165) is 32.1 Å². The SMILES string of the molecule is FCC/C=C/C1CCC(CCF)CC1. The van der Waals surface area contributed by atoms with Crippen LogP contribution in [0.4, 0.5) is 8.78 Å². The van der Waals surface area contributed by atoms with Crippen LogP contribution in [0.25, 0.3) is 0 Å². The van der Waals surface area contributed by atoms with Crippen molar-refractivity contribution in [3.05, 3.63) is 12.2 Å². The lowest BCUT2D eigenvalue weighted by atomic mass is 9.80. The summed E-state index contributed by atoms with van der Waals surface area (Å²) in [5.41, 5.74) is 0. The van der Waals surface area contributed by atoms with Crippen LogP contribution in [0.1, 0.15) is 38.5 Å². The predicted octanol–water partition coefficient (Wildman–Crippen LogP) is 4.07. The minimum Gasteiger partial charge on any atom is -0.251 e. The van der Waals surface area contributed by atoms with E-state index < -0.39 is 0 Å². The van der Waals surface area contributed by atoms with Gasteiger partial charge in [-0.05, 0) is 50.4 Å². The Labute approximate surface area is 85.4 Å². The largest absolute Gasteiger partial charge is 0.251 e.